The van der Waals surface area contributed by atoms with E-state index in [1.165, 1.54) is 0 Å². The number of ether oxygens (including phenoxy) is 1. The normalized spacial score (nSPS) is 10.6. The third-order valence-corrected chi connectivity index (χ3v) is 3.52. The fourth-order valence-corrected chi connectivity index (χ4v) is 2.35. The highest BCUT2D eigenvalue weighted by Crippen LogP contribution is 2.26. The molecule has 0 amide bonds. The molecule has 23 heavy (non-hydrogen) atoms. The highest BCUT2D eigenvalue weighted by Gasteiger charge is 2.10. The van der Waals surface area contributed by atoms with Gasteiger partial charge in [0.05, 0.1) is 19.3 Å². The van der Waals surface area contributed by atoms with Gasteiger partial charge in [-0.3, -0.25) is 0 Å². The zero-order chi connectivity index (χ0) is 16.2. The number of benzene rings is 2. The van der Waals surface area contributed by atoms with Gasteiger partial charge in [0.2, 0.25) is 11.8 Å². The maximum absolute atomic E-state index is 5.72. The molecular formula is C18H19N3O2. The third-order valence-electron chi connectivity index (χ3n) is 3.52. The van der Waals surface area contributed by atoms with Crippen LogP contribution in [0, 0.1) is 13.8 Å². The summed E-state index contributed by atoms with van der Waals surface area (Å²) in [4.78, 5) is 0. The van der Waals surface area contributed by atoms with Crippen LogP contribution in [-0.2, 0) is 6.54 Å². The zero-order valence-electron chi connectivity index (χ0n) is 13.5. The number of methoxy groups -OCH3 is 1. The van der Waals surface area contributed by atoms with E-state index in [4.69, 9.17) is 9.15 Å². The van der Waals surface area contributed by atoms with E-state index in [1.54, 1.807) is 7.11 Å². The summed E-state index contributed by atoms with van der Waals surface area (Å²) in [6.45, 7) is 4.51. The number of hydrogen-bond acceptors (Lipinski definition) is 5. The van der Waals surface area contributed by atoms with Gasteiger partial charge in [-0.05, 0) is 43.7 Å². The van der Waals surface area contributed by atoms with Crippen LogP contribution >= 0.6 is 0 Å². The van der Waals surface area contributed by atoms with Crippen molar-refractivity contribution in [2.75, 3.05) is 12.4 Å². The van der Waals surface area contributed by atoms with E-state index in [0.717, 1.165) is 28.1 Å². The highest BCUT2D eigenvalue weighted by atomic mass is 16.5. The molecule has 5 heteroatoms. The topological polar surface area (TPSA) is 60.2 Å². The van der Waals surface area contributed by atoms with E-state index in [1.807, 2.05) is 56.3 Å². The molecule has 3 rings (SSSR count). The van der Waals surface area contributed by atoms with Crippen molar-refractivity contribution < 1.29 is 9.15 Å². The number of anilines is 1. The standard InChI is InChI=1S/C18H19N3O2/c1-12-5-4-6-14(9-12)18-21-20-17(23-18)11-19-15-10-13(2)7-8-16(15)22-3/h4-10,19H,11H2,1-3H3. The van der Waals surface area contributed by atoms with E-state index in [2.05, 4.69) is 15.5 Å². The molecular weight excluding hydrogens is 290 g/mol. The largest absolute Gasteiger partial charge is 0.495 e. The molecule has 0 bridgehead atoms. The van der Waals surface area contributed by atoms with Crippen LogP contribution < -0.4 is 10.1 Å². The molecule has 1 N–H and O–H groups in total. The average molecular weight is 309 g/mol. The van der Waals surface area contributed by atoms with Crippen LogP contribution in [0.4, 0.5) is 5.69 Å². The van der Waals surface area contributed by atoms with Crippen LogP contribution in [0.5, 0.6) is 5.75 Å². The Labute approximate surface area is 135 Å². The molecule has 1 heterocycles. The van der Waals surface area contributed by atoms with Gasteiger partial charge in [0.15, 0.2) is 0 Å². The second-order valence-electron chi connectivity index (χ2n) is 5.43. The molecule has 0 radical (unpaired) electrons. The molecule has 3 aromatic rings. The Morgan fingerprint density at radius 2 is 1.87 bits per heavy atom. The van der Waals surface area contributed by atoms with Gasteiger partial charge in [0.1, 0.15) is 5.75 Å². The van der Waals surface area contributed by atoms with Gasteiger partial charge in [0.25, 0.3) is 0 Å². The second kappa shape index (κ2) is 6.52. The quantitative estimate of drug-likeness (QED) is 0.772. The van der Waals surface area contributed by atoms with Crippen LogP contribution in [0.3, 0.4) is 0 Å². The fourth-order valence-electron chi connectivity index (χ4n) is 2.35. The summed E-state index contributed by atoms with van der Waals surface area (Å²) in [5.74, 6) is 1.85. The molecule has 0 aliphatic rings. The molecule has 0 saturated heterocycles. The van der Waals surface area contributed by atoms with Crippen molar-refractivity contribution in [2.45, 2.75) is 20.4 Å². The lowest BCUT2D eigenvalue weighted by Gasteiger charge is -2.10. The molecule has 5 nitrogen and oxygen atoms in total. The van der Waals surface area contributed by atoms with E-state index in [-0.39, 0.29) is 0 Å². The fraction of sp³-hybridized carbons (Fsp3) is 0.222. The van der Waals surface area contributed by atoms with Crippen molar-refractivity contribution in [3.63, 3.8) is 0 Å². The Bertz CT molecular complexity index is 812. The SMILES string of the molecule is COc1ccc(C)cc1NCc1nnc(-c2cccc(C)c2)o1. The maximum Gasteiger partial charge on any atom is 0.247 e. The second-order valence-corrected chi connectivity index (χ2v) is 5.43. The lowest BCUT2D eigenvalue weighted by Crippen LogP contribution is -2.02. The van der Waals surface area contributed by atoms with Crippen LogP contribution in [0.1, 0.15) is 17.0 Å². The summed E-state index contributed by atoms with van der Waals surface area (Å²) in [6.07, 6.45) is 0. The third kappa shape index (κ3) is 3.51. The molecule has 118 valence electrons. The Hall–Kier alpha value is -2.82. The Kier molecular flexibility index (Phi) is 4.28. The molecule has 0 spiro atoms. The van der Waals surface area contributed by atoms with Crippen LogP contribution in [0.15, 0.2) is 46.9 Å². The summed E-state index contributed by atoms with van der Waals surface area (Å²) in [5, 5.41) is 11.5. The molecule has 1 aromatic heterocycles. The first-order valence-electron chi connectivity index (χ1n) is 7.43. The van der Waals surface area contributed by atoms with E-state index >= 15 is 0 Å². The van der Waals surface area contributed by atoms with Crippen molar-refractivity contribution in [1.29, 1.82) is 0 Å². The van der Waals surface area contributed by atoms with Gasteiger partial charge in [-0.1, -0.05) is 23.8 Å². The summed E-state index contributed by atoms with van der Waals surface area (Å²) >= 11 is 0. The summed E-state index contributed by atoms with van der Waals surface area (Å²) in [5.41, 5.74) is 4.14. The van der Waals surface area contributed by atoms with Crippen molar-refractivity contribution in [3.8, 4) is 17.2 Å². The molecule has 0 fully saturated rings. The Morgan fingerprint density at radius 3 is 2.65 bits per heavy atom. The van der Waals surface area contributed by atoms with E-state index in [0.29, 0.717) is 18.3 Å². The van der Waals surface area contributed by atoms with Crippen LogP contribution in [0.25, 0.3) is 11.5 Å². The van der Waals surface area contributed by atoms with Gasteiger partial charge in [0, 0.05) is 5.56 Å². The van der Waals surface area contributed by atoms with Gasteiger partial charge in [-0.15, -0.1) is 10.2 Å². The number of nitrogens with one attached hydrogen (secondary N) is 1. The predicted octanol–water partition coefficient (Wildman–Crippen LogP) is 3.97. The molecule has 0 unspecified atom stereocenters. The van der Waals surface area contributed by atoms with Crippen molar-refractivity contribution >= 4 is 5.69 Å². The first-order chi connectivity index (χ1) is 11.2. The maximum atomic E-state index is 5.72. The van der Waals surface area contributed by atoms with Gasteiger partial charge in [-0.25, -0.2) is 0 Å². The van der Waals surface area contributed by atoms with Gasteiger partial charge < -0.3 is 14.5 Å². The summed E-state index contributed by atoms with van der Waals surface area (Å²) in [7, 11) is 1.65. The highest BCUT2D eigenvalue weighted by molar-refractivity contribution is 5.58. The lowest BCUT2D eigenvalue weighted by atomic mass is 10.1. The number of hydrogen-bond donors (Lipinski definition) is 1. The van der Waals surface area contributed by atoms with E-state index in [9.17, 15) is 0 Å². The Balaban J connectivity index is 1.74. The van der Waals surface area contributed by atoms with Crippen LogP contribution in [-0.4, -0.2) is 17.3 Å². The van der Waals surface area contributed by atoms with Crippen LogP contribution in [0.2, 0.25) is 0 Å². The summed E-state index contributed by atoms with van der Waals surface area (Å²) < 4.78 is 11.1. The number of rotatable bonds is 5. The Morgan fingerprint density at radius 1 is 1.04 bits per heavy atom. The predicted molar refractivity (Wildman–Crippen MR) is 89.5 cm³/mol. The molecule has 0 saturated carbocycles. The number of aromatic nitrogens is 2. The minimum absolute atomic E-state index is 0.443. The monoisotopic (exact) mass is 309 g/mol. The number of nitrogens with zero attached hydrogens (tertiary/aromatic N) is 2. The smallest absolute Gasteiger partial charge is 0.247 e. The van der Waals surface area contributed by atoms with Gasteiger partial charge in [-0.2, -0.15) is 0 Å². The van der Waals surface area contributed by atoms with Crippen molar-refractivity contribution in [2.24, 2.45) is 0 Å². The van der Waals surface area contributed by atoms with Crippen molar-refractivity contribution in [1.82, 2.24) is 10.2 Å². The molecule has 0 aliphatic heterocycles. The molecule has 0 aliphatic carbocycles. The lowest BCUT2D eigenvalue weighted by molar-refractivity contribution is 0.416. The van der Waals surface area contributed by atoms with Gasteiger partial charge >= 0.3 is 0 Å². The molecule has 0 atom stereocenters. The minimum atomic E-state index is 0.443. The average Bonchev–Trinajstić information content (AvgIpc) is 3.02. The van der Waals surface area contributed by atoms with E-state index < -0.39 is 0 Å². The summed E-state index contributed by atoms with van der Waals surface area (Å²) in [6, 6.07) is 14.0. The first kappa shape index (κ1) is 15.1. The number of aryl methyl sites for hydroxylation is 2. The molecule has 2 aromatic carbocycles. The first-order valence-corrected chi connectivity index (χ1v) is 7.43. The minimum Gasteiger partial charge on any atom is -0.495 e. The van der Waals surface area contributed by atoms with Crippen molar-refractivity contribution in [3.05, 3.63) is 59.5 Å². The zero-order valence-corrected chi connectivity index (χ0v) is 13.5.